The number of nitrogens with zero attached hydrogens (tertiary/aromatic N) is 2. The average Bonchev–Trinajstić information content (AvgIpc) is 2.95. The number of fused-ring (bicyclic) bond motifs is 1. The lowest BCUT2D eigenvalue weighted by Crippen LogP contribution is -2.27. The number of benzene rings is 1. The third kappa shape index (κ3) is 2.53. The number of aromatic nitrogens is 2. The monoisotopic (exact) mass is 283 g/mol. The summed E-state index contributed by atoms with van der Waals surface area (Å²) in [5.74, 6) is -0.0987. The fraction of sp³-hybridized carbons (Fsp3) is 0.133. The van der Waals surface area contributed by atoms with E-state index in [-0.39, 0.29) is 11.9 Å². The van der Waals surface area contributed by atoms with Gasteiger partial charge in [0.1, 0.15) is 0 Å². The maximum atomic E-state index is 12.2. The van der Waals surface area contributed by atoms with Gasteiger partial charge in [0.25, 0.3) is 5.91 Å². The Balaban J connectivity index is 1.78. The summed E-state index contributed by atoms with van der Waals surface area (Å²) in [6, 6.07) is 11.1. The van der Waals surface area contributed by atoms with Gasteiger partial charge in [-0.1, -0.05) is 6.07 Å². The van der Waals surface area contributed by atoms with E-state index >= 15 is 0 Å². The van der Waals surface area contributed by atoms with Crippen LogP contribution in [0, 0.1) is 0 Å². The molecular weight excluding hydrogens is 270 g/mol. The molecule has 0 aliphatic rings. The van der Waals surface area contributed by atoms with Gasteiger partial charge in [-0.15, -0.1) is 11.3 Å². The number of carbonyl (C=O) groups is 1. The second-order valence-electron chi connectivity index (χ2n) is 4.48. The predicted molar refractivity (Wildman–Crippen MR) is 79.7 cm³/mol. The fourth-order valence-electron chi connectivity index (χ4n) is 1.98. The van der Waals surface area contributed by atoms with Gasteiger partial charge >= 0.3 is 0 Å². The highest BCUT2D eigenvalue weighted by Crippen LogP contribution is 2.19. The third-order valence-electron chi connectivity index (χ3n) is 3.07. The zero-order valence-electron chi connectivity index (χ0n) is 10.9. The van der Waals surface area contributed by atoms with Crippen molar-refractivity contribution >= 4 is 27.5 Å². The van der Waals surface area contributed by atoms with Crippen molar-refractivity contribution in [2.75, 3.05) is 0 Å². The molecule has 1 amide bonds. The van der Waals surface area contributed by atoms with Gasteiger partial charge in [0.05, 0.1) is 27.5 Å². The minimum atomic E-state index is -0.124. The van der Waals surface area contributed by atoms with Gasteiger partial charge in [0, 0.05) is 11.8 Å². The first-order valence-corrected chi connectivity index (χ1v) is 7.17. The Morgan fingerprint density at radius 2 is 2.15 bits per heavy atom. The van der Waals surface area contributed by atoms with Gasteiger partial charge in [-0.05, 0) is 37.3 Å². The standard InChI is InChI=1S/C15H13N3OS/c1-10(12-4-2-3-7-16-12)18-15(19)11-5-6-13-14(8-11)20-9-17-13/h2-10H,1H3,(H,18,19). The van der Waals surface area contributed by atoms with E-state index in [1.807, 2.05) is 37.3 Å². The summed E-state index contributed by atoms with van der Waals surface area (Å²) in [7, 11) is 0. The number of rotatable bonds is 3. The first-order valence-electron chi connectivity index (χ1n) is 6.29. The van der Waals surface area contributed by atoms with Gasteiger partial charge < -0.3 is 5.32 Å². The molecule has 2 heterocycles. The van der Waals surface area contributed by atoms with Crippen molar-refractivity contribution in [1.82, 2.24) is 15.3 Å². The van der Waals surface area contributed by atoms with Crippen molar-refractivity contribution in [3.8, 4) is 0 Å². The van der Waals surface area contributed by atoms with Crippen LogP contribution in [0.4, 0.5) is 0 Å². The molecule has 20 heavy (non-hydrogen) atoms. The van der Waals surface area contributed by atoms with E-state index < -0.39 is 0 Å². The summed E-state index contributed by atoms with van der Waals surface area (Å²) in [5.41, 5.74) is 4.19. The Hall–Kier alpha value is -2.27. The second-order valence-corrected chi connectivity index (χ2v) is 5.37. The van der Waals surface area contributed by atoms with Gasteiger partial charge in [0.15, 0.2) is 0 Å². The highest BCUT2D eigenvalue weighted by molar-refractivity contribution is 7.16. The Bertz CT molecular complexity index is 739. The maximum Gasteiger partial charge on any atom is 0.251 e. The van der Waals surface area contributed by atoms with Gasteiger partial charge in [-0.2, -0.15) is 0 Å². The minimum Gasteiger partial charge on any atom is -0.344 e. The zero-order valence-corrected chi connectivity index (χ0v) is 11.7. The molecule has 3 aromatic rings. The summed E-state index contributed by atoms with van der Waals surface area (Å²) < 4.78 is 1.02. The molecule has 0 aliphatic carbocycles. The largest absolute Gasteiger partial charge is 0.344 e. The number of carbonyl (C=O) groups excluding carboxylic acids is 1. The van der Waals surface area contributed by atoms with Crippen molar-refractivity contribution in [3.05, 3.63) is 59.4 Å². The van der Waals surface area contributed by atoms with Crippen LogP contribution in [0.5, 0.6) is 0 Å². The van der Waals surface area contributed by atoms with E-state index in [2.05, 4.69) is 15.3 Å². The highest BCUT2D eigenvalue weighted by atomic mass is 32.1. The van der Waals surface area contributed by atoms with Crippen LogP contribution in [-0.2, 0) is 0 Å². The SMILES string of the molecule is CC(NC(=O)c1ccc2ncsc2c1)c1ccccn1. The fourth-order valence-corrected chi connectivity index (χ4v) is 2.70. The summed E-state index contributed by atoms with van der Waals surface area (Å²) in [5, 5.41) is 2.95. The second kappa shape index (κ2) is 5.38. The number of hydrogen-bond acceptors (Lipinski definition) is 4. The van der Waals surface area contributed by atoms with Gasteiger partial charge in [-0.3, -0.25) is 9.78 Å². The van der Waals surface area contributed by atoms with Crippen LogP contribution in [-0.4, -0.2) is 15.9 Å². The van der Waals surface area contributed by atoms with E-state index in [1.165, 1.54) is 11.3 Å². The molecule has 0 bridgehead atoms. The van der Waals surface area contributed by atoms with Crippen LogP contribution in [0.15, 0.2) is 48.1 Å². The Morgan fingerprint density at radius 1 is 1.25 bits per heavy atom. The smallest absolute Gasteiger partial charge is 0.251 e. The van der Waals surface area contributed by atoms with Crippen LogP contribution in [0.25, 0.3) is 10.2 Å². The van der Waals surface area contributed by atoms with E-state index in [0.29, 0.717) is 5.56 Å². The average molecular weight is 283 g/mol. The molecular formula is C15H13N3OS. The van der Waals surface area contributed by atoms with Gasteiger partial charge in [-0.25, -0.2) is 4.98 Å². The molecule has 1 N–H and O–H groups in total. The predicted octanol–water partition coefficient (Wildman–Crippen LogP) is 3.18. The van der Waals surface area contributed by atoms with Crippen molar-refractivity contribution < 1.29 is 4.79 Å². The molecule has 3 rings (SSSR count). The molecule has 1 aromatic carbocycles. The number of hydrogen-bond donors (Lipinski definition) is 1. The summed E-state index contributed by atoms with van der Waals surface area (Å²) in [6.07, 6.45) is 1.72. The molecule has 0 saturated carbocycles. The van der Waals surface area contributed by atoms with Crippen LogP contribution >= 0.6 is 11.3 Å². The van der Waals surface area contributed by atoms with Crippen molar-refractivity contribution in [1.29, 1.82) is 0 Å². The molecule has 1 atom stereocenters. The summed E-state index contributed by atoms with van der Waals surface area (Å²) in [4.78, 5) is 20.7. The first-order chi connectivity index (χ1) is 9.74. The molecule has 4 nitrogen and oxygen atoms in total. The minimum absolute atomic E-state index is 0.0987. The van der Waals surface area contributed by atoms with Crippen LogP contribution in [0.2, 0.25) is 0 Å². The topological polar surface area (TPSA) is 54.9 Å². The van der Waals surface area contributed by atoms with Crippen molar-refractivity contribution in [2.45, 2.75) is 13.0 Å². The van der Waals surface area contributed by atoms with E-state index in [4.69, 9.17) is 0 Å². The van der Waals surface area contributed by atoms with E-state index in [0.717, 1.165) is 15.9 Å². The molecule has 2 aromatic heterocycles. The van der Waals surface area contributed by atoms with E-state index in [9.17, 15) is 4.79 Å². The summed E-state index contributed by atoms with van der Waals surface area (Å²) in [6.45, 7) is 1.92. The molecule has 1 unspecified atom stereocenters. The Labute approximate surface area is 120 Å². The maximum absolute atomic E-state index is 12.2. The number of thiazole rings is 1. The van der Waals surface area contributed by atoms with Crippen molar-refractivity contribution in [2.24, 2.45) is 0 Å². The van der Waals surface area contributed by atoms with Crippen LogP contribution in [0.3, 0.4) is 0 Å². The Morgan fingerprint density at radius 3 is 2.95 bits per heavy atom. The number of pyridine rings is 1. The lowest BCUT2D eigenvalue weighted by molar-refractivity contribution is 0.0939. The highest BCUT2D eigenvalue weighted by Gasteiger charge is 2.12. The van der Waals surface area contributed by atoms with Crippen LogP contribution in [0.1, 0.15) is 29.0 Å². The summed E-state index contributed by atoms with van der Waals surface area (Å²) >= 11 is 1.53. The lowest BCUT2D eigenvalue weighted by Gasteiger charge is -2.13. The van der Waals surface area contributed by atoms with Crippen molar-refractivity contribution in [3.63, 3.8) is 0 Å². The molecule has 0 fully saturated rings. The third-order valence-corrected chi connectivity index (χ3v) is 3.86. The Kier molecular flexibility index (Phi) is 3.43. The lowest BCUT2D eigenvalue weighted by atomic mass is 10.1. The first kappa shape index (κ1) is 12.7. The quantitative estimate of drug-likeness (QED) is 0.803. The molecule has 0 saturated heterocycles. The zero-order chi connectivity index (χ0) is 13.9. The van der Waals surface area contributed by atoms with E-state index in [1.54, 1.807) is 17.8 Å². The number of nitrogens with one attached hydrogen (secondary N) is 1. The normalized spacial score (nSPS) is 12.2. The van der Waals surface area contributed by atoms with Gasteiger partial charge in [0.2, 0.25) is 0 Å². The molecule has 0 aliphatic heterocycles. The molecule has 0 spiro atoms. The molecule has 0 radical (unpaired) electrons. The number of amides is 1. The molecule has 5 heteroatoms. The van der Waals surface area contributed by atoms with Crippen LogP contribution < -0.4 is 5.32 Å². The molecule has 100 valence electrons.